The summed E-state index contributed by atoms with van der Waals surface area (Å²) in [5, 5.41) is 10.8. The van der Waals surface area contributed by atoms with Gasteiger partial charge in [-0.05, 0) is 30.0 Å². The molecule has 1 saturated heterocycles. The van der Waals surface area contributed by atoms with E-state index in [0.717, 1.165) is 25.2 Å². The lowest BCUT2D eigenvalue weighted by Crippen LogP contribution is -2.23. The number of rotatable bonds is 4. The largest absolute Gasteiger partial charge is 0.318 e. The number of likely N-dealkylation sites (tertiary alicyclic amines) is 1. The fraction of sp³-hybridized carbons (Fsp3) is 0.538. The molecule has 2 rings (SSSR count). The van der Waals surface area contributed by atoms with Crippen molar-refractivity contribution in [3.05, 3.63) is 33.9 Å². The average molecular weight is 264 g/mol. The van der Waals surface area contributed by atoms with Crippen molar-refractivity contribution in [3.8, 4) is 0 Å². The fourth-order valence-corrected chi connectivity index (χ4v) is 2.57. The number of nitrogens with zero attached hydrogens (tertiary/aromatic N) is 2. The van der Waals surface area contributed by atoms with Crippen molar-refractivity contribution in [3.63, 3.8) is 0 Å². The molecule has 104 valence electrons. The molecule has 0 amide bonds. The lowest BCUT2D eigenvalue weighted by Gasteiger charge is -2.19. The number of anilines is 1. The third-order valence-corrected chi connectivity index (χ3v) is 3.58. The van der Waals surface area contributed by atoms with Gasteiger partial charge in [-0.25, -0.2) is 0 Å². The number of nitrogens with one attached hydrogen (secondary N) is 1. The fourth-order valence-electron chi connectivity index (χ4n) is 2.57. The molecule has 0 aromatic heterocycles. The van der Waals surface area contributed by atoms with Crippen molar-refractivity contribution in [2.24, 2.45) is 11.3 Å². The van der Waals surface area contributed by atoms with Gasteiger partial charge in [0.1, 0.15) is 5.69 Å². The number of hydrogen-bond acceptors (Lipinski definition) is 5. The Labute approximate surface area is 112 Å². The minimum Gasteiger partial charge on any atom is -0.318 e. The van der Waals surface area contributed by atoms with Gasteiger partial charge in [-0.15, -0.1) is 0 Å². The lowest BCUT2D eigenvalue weighted by atomic mass is 9.93. The van der Waals surface area contributed by atoms with Crippen molar-refractivity contribution in [2.75, 3.05) is 18.5 Å². The molecule has 0 spiro atoms. The highest BCUT2D eigenvalue weighted by Crippen LogP contribution is 2.31. The van der Waals surface area contributed by atoms with Gasteiger partial charge in [0.15, 0.2) is 0 Å². The molecule has 0 bridgehead atoms. The van der Waals surface area contributed by atoms with Crippen LogP contribution in [-0.4, -0.2) is 22.9 Å². The summed E-state index contributed by atoms with van der Waals surface area (Å²) in [7, 11) is 0. The Hall–Kier alpha value is -1.66. The van der Waals surface area contributed by atoms with Gasteiger partial charge in [-0.3, -0.25) is 20.9 Å². The van der Waals surface area contributed by atoms with Gasteiger partial charge < -0.3 is 5.43 Å². The molecule has 1 aromatic carbocycles. The van der Waals surface area contributed by atoms with E-state index in [1.54, 1.807) is 12.1 Å². The Kier molecular flexibility index (Phi) is 3.73. The van der Waals surface area contributed by atoms with Crippen LogP contribution < -0.4 is 11.3 Å². The molecule has 1 aromatic rings. The lowest BCUT2D eigenvalue weighted by molar-refractivity contribution is -0.384. The van der Waals surface area contributed by atoms with E-state index in [2.05, 4.69) is 24.2 Å². The minimum atomic E-state index is -0.433. The van der Waals surface area contributed by atoms with Crippen LogP contribution in [-0.2, 0) is 6.54 Å². The van der Waals surface area contributed by atoms with Crippen molar-refractivity contribution in [1.29, 1.82) is 0 Å². The Balaban J connectivity index is 2.12. The molecule has 6 nitrogen and oxygen atoms in total. The summed E-state index contributed by atoms with van der Waals surface area (Å²) in [5.41, 5.74) is 4.16. The van der Waals surface area contributed by atoms with E-state index < -0.39 is 4.92 Å². The molecule has 1 fully saturated rings. The van der Waals surface area contributed by atoms with Crippen molar-refractivity contribution >= 4 is 11.4 Å². The van der Waals surface area contributed by atoms with E-state index in [0.29, 0.717) is 11.1 Å². The highest BCUT2D eigenvalue weighted by Gasteiger charge is 2.29. The van der Waals surface area contributed by atoms with Gasteiger partial charge in [-0.1, -0.05) is 19.9 Å². The van der Waals surface area contributed by atoms with E-state index in [-0.39, 0.29) is 5.69 Å². The first-order chi connectivity index (χ1) is 8.91. The zero-order valence-electron chi connectivity index (χ0n) is 11.3. The van der Waals surface area contributed by atoms with E-state index in [4.69, 9.17) is 5.84 Å². The van der Waals surface area contributed by atoms with Crippen LogP contribution in [0.4, 0.5) is 11.4 Å². The summed E-state index contributed by atoms with van der Waals surface area (Å²) in [6, 6.07) is 5.06. The zero-order valence-corrected chi connectivity index (χ0v) is 11.3. The molecule has 1 aliphatic rings. The predicted molar refractivity (Wildman–Crippen MR) is 74.6 cm³/mol. The second-order valence-corrected chi connectivity index (χ2v) is 5.88. The first-order valence-electron chi connectivity index (χ1n) is 6.37. The third kappa shape index (κ3) is 3.21. The minimum absolute atomic E-state index is 0.00741. The molecule has 1 aliphatic heterocycles. The van der Waals surface area contributed by atoms with Crippen LogP contribution in [0.3, 0.4) is 0 Å². The average Bonchev–Trinajstić information content (AvgIpc) is 2.68. The molecule has 0 atom stereocenters. The number of nitro groups is 1. The van der Waals surface area contributed by atoms with Gasteiger partial charge >= 0.3 is 0 Å². The molecule has 19 heavy (non-hydrogen) atoms. The summed E-state index contributed by atoms with van der Waals surface area (Å²) in [6.45, 7) is 7.44. The number of nitrogens with two attached hydrogens (primary N) is 1. The molecular formula is C13H20N4O2. The van der Waals surface area contributed by atoms with E-state index in [9.17, 15) is 10.1 Å². The maximum atomic E-state index is 10.8. The maximum Gasteiger partial charge on any atom is 0.293 e. The van der Waals surface area contributed by atoms with Gasteiger partial charge in [0, 0.05) is 19.2 Å². The molecule has 0 unspecified atom stereocenters. The standard InChI is InChI=1S/C13H20N4O2/c1-13(2)5-6-16(9-13)8-10-3-4-12(17(18)19)11(7-10)15-14/h3-4,7,15H,5-6,8-9,14H2,1-2H3. The van der Waals surface area contributed by atoms with Crippen LogP contribution in [0.1, 0.15) is 25.8 Å². The molecule has 0 saturated carbocycles. The van der Waals surface area contributed by atoms with E-state index in [1.165, 1.54) is 12.5 Å². The van der Waals surface area contributed by atoms with Crippen molar-refractivity contribution in [2.45, 2.75) is 26.8 Å². The van der Waals surface area contributed by atoms with E-state index in [1.807, 2.05) is 0 Å². The number of hydrogen-bond donors (Lipinski definition) is 2. The smallest absolute Gasteiger partial charge is 0.293 e. The number of hydrazine groups is 1. The molecule has 0 radical (unpaired) electrons. The van der Waals surface area contributed by atoms with Gasteiger partial charge in [0.2, 0.25) is 0 Å². The Morgan fingerprint density at radius 1 is 1.53 bits per heavy atom. The quantitative estimate of drug-likeness (QED) is 0.494. The Morgan fingerprint density at radius 2 is 2.26 bits per heavy atom. The van der Waals surface area contributed by atoms with Crippen LogP contribution in [0.5, 0.6) is 0 Å². The molecular weight excluding hydrogens is 244 g/mol. The molecule has 1 heterocycles. The highest BCUT2D eigenvalue weighted by atomic mass is 16.6. The predicted octanol–water partition coefficient (Wildman–Crippen LogP) is 2.11. The molecule has 0 aliphatic carbocycles. The van der Waals surface area contributed by atoms with Gasteiger partial charge in [0.25, 0.3) is 5.69 Å². The molecule has 3 N–H and O–H groups in total. The first kappa shape index (κ1) is 13.8. The number of benzene rings is 1. The Bertz CT molecular complexity index is 488. The molecule has 6 heteroatoms. The van der Waals surface area contributed by atoms with Crippen LogP contribution in [0, 0.1) is 15.5 Å². The normalized spacial score (nSPS) is 18.5. The Morgan fingerprint density at radius 3 is 2.79 bits per heavy atom. The SMILES string of the molecule is CC1(C)CCN(Cc2ccc([N+](=O)[O-])c(NN)c2)C1. The van der Waals surface area contributed by atoms with Crippen molar-refractivity contribution < 1.29 is 4.92 Å². The summed E-state index contributed by atoms with van der Waals surface area (Å²) >= 11 is 0. The maximum absolute atomic E-state index is 10.8. The third-order valence-electron chi connectivity index (χ3n) is 3.58. The summed E-state index contributed by atoms with van der Waals surface area (Å²) in [6.07, 6.45) is 1.18. The second-order valence-electron chi connectivity index (χ2n) is 5.88. The summed E-state index contributed by atoms with van der Waals surface area (Å²) < 4.78 is 0. The van der Waals surface area contributed by atoms with Crippen LogP contribution >= 0.6 is 0 Å². The number of nitro benzene ring substituents is 1. The van der Waals surface area contributed by atoms with Gasteiger partial charge in [-0.2, -0.15) is 0 Å². The first-order valence-corrected chi connectivity index (χ1v) is 6.37. The second kappa shape index (κ2) is 5.14. The van der Waals surface area contributed by atoms with E-state index >= 15 is 0 Å². The van der Waals surface area contributed by atoms with Crippen LogP contribution in [0.25, 0.3) is 0 Å². The topological polar surface area (TPSA) is 84.4 Å². The number of nitrogen functional groups attached to an aromatic ring is 1. The zero-order chi connectivity index (χ0) is 14.0. The van der Waals surface area contributed by atoms with Crippen LogP contribution in [0.15, 0.2) is 18.2 Å². The summed E-state index contributed by atoms with van der Waals surface area (Å²) in [5.74, 6) is 5.34. The monoisotopic (exact) mass is 264 g/mol. The van der Waals surface area contributed by atoms with Crippen molar-refractivity contribution in [1.82, 2.24) is 4.90 Å². The highest BCUT2D eigenvalue weighted by molar-refractivity contribution is 5.62. The van der Waals surface area contributed by atoms with Crippen LogP contribution in [0.2, 0.25) is 0 Å². The summed E-state index contributed by atoms with van der Waals surface area (Å²) in [4.78, 5) is 12.8. The van der Waals surface area contributed by atoms with Gasteiger partial charge in [0.05, 0.1) is 4.92 Å².